The number of benzene rings is 1. The minimum Gasteiger partial charge on any atom is -0.493 e. The quantitative estimate of drug-likeness (QED) is 0.848. The zero-order valence-electron chi connectivity index (χ0n) is 12.0. The summed E-state index contributed by atoms with van der Waals surface area (Å²) in [6.07, 6.45) is 6.89. The monoisotopic (exact) mass is 263 g/mol. The fourth-order valence-corrected chi connectivity index (χ4v) is 2.64. The largest absolute Gasteiger partial charge is 0.493 e. The molecule has 1 aliphatic rings. The minimum absolute atomic E-state index is 0.115. The third-order valence-corrected chi connectivity index (χ3v) is 3.92. The molecule has 0 heterocycles. The van der Waals surface area contributed by atoms with E-state index in [0.717, 1.165) is 30.8 Å². The molecular formula is C16H25NO2. The fraction of sp³-hybridized carbons (Fsp3) is 0.625. The van der Waals surface area contributed by atoms with Crippen molar-refractivity contribution in [3.8, 4) is 11.5 Å². The van der Waals surface area contributed by atoms with Crippen LogP contribution in [0.4, 0.5) is 0 Å². The van der Waals surface area contributed by atoms with E-state index in [-0.39, 0.29) is 12.1 Å². The summed E-state index contributed by atoms with van der Waals surface area (Å²) in [7, 11) is 1.69. The van der Waals surface area contributed by atoms with Gasteiger partial charge in [-0.2, -0.15) is 0 Å². The van der Waals surface area contributed by atoms with Crippen molar-refractivity contribution < 1.29 is 9.47 Å². The Morgan fingerprint density at radius 2 is 1.95 bits per heavy atom. The fourth-order valence-electron chi connectivity index (χ4n) is 2.64. The summed E-state index contributed by atoms with van der Waals surface area (Å²) in [4.78, 5) is 0. The summed E-state index contributed by atoms with van der Waals surface area (Å²) in [5.41, 5.74) is 7.47. The molecule has 0 aromatic heterocycles. The second-order valence-corrected chi connectivity index (χ2v) is 5.30. The molecule has 19 heavy (non-hydrogen) atoms. The van der Waals surface area contributed by atoms with E-state index in [4.69, 9.17) is 15.2 Å². The van der Waals surface area contributed by atoms with E-state index >= 15 is 0 Å². The molecule has 0 spiro atoms. The highest BCUT2D eigenvalue weighted by molar-refractivity contribution is 5.43. The molecule has 2 rings (SSSR count). The molecule has 0 amide bonds. The maximum absolute atomic E-state index is 6.21. The molecule has 0 aliphatic heterocycles. The van der Waals surface area contributed by atoms with Crippen LogP contribution in [0.25, 0.3) is 0 Å². The lowest BCUT2D eigenvalue weighted by atomic mass is 10.1. The summed E-state index contributed by atoms with van der Waals surface area (Å²) >= 11 is 0. The molecule has 1 aliphatic carbocycles. The number of methoxy groups -OCH3 is 1. The van der Waals surface area contributed by atoms with Crippen LogP contribution in [0, 0.1) is 0 Å². The standard InChI is InChI=1S/C16H25NO2/c1-3-12-9-10-15(16(11-12)18-2)19-14-8-6-4-5-7-13(14)17/h9-11,13-14H,3-8,17H2,1-2H3. The van der Waals surface area contributed by atoms with E-state index in [2.05, 4.69) is 19.1 Å². The Hall–Kier alpha value is -1.22. The van der Waals surface area contributed by atoms with Gasteiger partial charge in [-0.25, -0.2) is 0 Å². The van der Waals surface area contributed by atoms with Crippen molar-refractivity contribution in [2.45, 2.75) is 57.6 Å². The summed E-state index contributed by atoms with van der Waals surface area (Å²) in [5.74, 6) is 1.64. The van der Waals surface area contributed by atoms with Crippen molar-refractivity contribution in [2.75, 3.05) is 7.11 Å². The van der Waals surface area contributed by atoms with Gasteiger partial charge < -0.3 is 15.2 Å². The Morgan fingerprint density at radius 1 is 1.16 bits per heavy atom. The predicted molar refractivity (Wildman–Crippen MR) is 77.8 cm³/mol. The summed E-state index contributed by atoms with van der Waals surface area (Å²) in [6.45, 7) is 2.14. The van der Waals surface area contributed by atoms with Gasteiger partial charge in [-0.1, -0.05) is 25.8 Å². The Bertz CT molecular complexity index is 406. The van der Waals surface area contributed by atoms with E-state index in [9.17, 15) is 0 Å². The number of nitrogens with two attached hydrogens (primary N) is 1. The highest BCUT2D eigenvalue weighted by Gasteiger charge is 2.23. The van der Waals surface area contributed by atoms with Gasteiger partial charge in [0.2, 0.25) is 0 Å². The number of hydrogen-bond acceptors (Lipinski definition) is 3. The predicted octanol–water partition coefficient (Wildman–Crippen LogP) is 3.30. The maximum atomic E-state index is 6.21. The second-order valence-electron chi connectivity index (χ2n) is 5.30. The molecule has 1 aromatic carbocycles. The van der Waals surface area contributed by atoms with Gasteiger partial charge in [0.1, 0.15) is 6.10 Å². The molecule has 3 nitrogen and oxygen atoms in total. The minimum atomic E-state index is 0.115. The maximum Gasteiger partial charge on any atom is 0.161 e. The number of rotatable bonds is 4. The zero-order chi connectivity index (χ0) is 13.7. The van der Waals surface area contributed by atoms with Gasteiger partial charge in [0.15, 0.2) is 11.5 Å². The summed E-state index contributed by atoms with van der Waals surface area (Å²) in [5, 5.41) is 0. The van der Waals surface area contributed by atoms with Crippen LogP contribution in [-0.4, -0.2) is 19.3 Å². The molecule has 0 saturated heterocycles. The first kappa shape index (κ1) is 14.2. The van der Waals surface area contributed by atoms with Gasteiger partial charge in [0.05, 0.1) is 7.11 Å². The lowest BCUT2D eigenvalue weighted by Gasteiger charge is -2.24. The first-order valence-electron chi connectivity index (χ1n) is 7.33. The van der Waals surface area contributed by atoms with E-state index < -0.39 is 0 Å². The molecule has 1 saturated carbocycles. The molecule has 0 bridgehead atoms. The molecular weight excluding hydrogens is 238 g/mol. The lowest BCUT2D eigenvalue weighted by Crippen LogP contribution is -2.37. The van der Waals surface area contributed by atoms with Crippen LogP contribution in [0.15, 0.2) is 18.2 Å². The summed E-state index contributed by atoms with van der Waals surface area (Å²) in [6, 6.07) is 6.30. The summed E-state index contributed by atoms with van der Waals surface area (Å²) < 4.78 is 11.5. The molecule has 2 unspecified atom stereocenters. The number of hydrogen-bond donors (Lipinski definition) is 1. The highest BCUT2D eigenvalue weighted by atomic mass is 16.5. The van der Waals surface area contributed by atoms with Crippen LogP contribution in [0.2, 0.25) is 0 Å². The first-order chi connectivity index (χ1) is 9.24. The average molecular weight is 263 g/mol. The third-order valence-electron chi connectivity index (χ3n) is 3.92. The number of aryl methyl sites for hydroxylation is 1. The van der Waals surface area contributed by atoms with Crippen LogP contribution >= 0.6 is 0 Å². The SMILES string of the molecule is CCc1ccc(OC2CCCCCC2N)c(OC)c1. The van der Waals surface area contributed by atoms with Crippen LogP contribution in [0.3, 0.4) is 0 Å². The van der Waals surface area contributed by atoms with Crippen LogP contribution < -0.4 is 15.2 Å². The van der Waals surface area contributed by atoms with Gasteiger partial charge in [-0.15, -0.1) is 0 Å². The second kappa shape index (κ2) is 6.80. The smallest absolute Gasteiger partial charge is 0.161 e. The van der Waals surface area contributed by atoms with Crippen molar-refractivity contribution in [1.82, 2.24) is 0 Å². The molecule has 106 valence electrons. The van der Waals surface area contributed by atoms with Gasteiger partial charge >= 0.3 is 0 Å². The van der Waals surface area contributed by atoms with Crippen LogP contribution in [0.5, 0.6) is 11.5 Å². The first-order valence-corrected chi connectivity index (χ1v) is 7.33. The van der Waals surface area contributed by atoms with Crippen molar-refractivity contribution in [3.63, 3.8) is 0 Å². The van der Waals surface area contributed by atoms with E-state index in [1.165, 1.54) is 24.8 Å². The van der Waals surface area contributed by atoms with Gasteiger partial charge in [0.25, 0.3) is 0 Å². The molecule has 1 fully saturated rings. The normalized spacial score (nSPS) is 23.7. The Kier molecular flexibility index (Phi) is 5.08. The average Bonchev–Trinajstić information content (AvgIpc) is 2.64. The Balaban J connectivity index is 2.12. The van der Waals surface area contributed by atoms with Crippen LogP contribution in [0.1, 0.15) is 44.6 Å². The highest BCUT2D eigenvalue weighted by Crippen LogP contribution is 2.31. The third kappa shape index (κ3) is 3.63. The molecule has 1 aromatic rings. The lowest BCUT2D eigenvalue weighted by molar-refractivity contribution is 0.157. The van der Waals surface area contributed by atoms with E-state index in [0.29, 0.717) is 0 Å². The van der Waals surface area contributed by atoms with E-state index in [1.807, 2.05) is 6.07 Å². The van der Waals surface area contributed by atoms with Crippen molar-refractivity contribution in [3.05, 3.63) is 23.8 Å². The van der Waals surface area contributed by atoms with Crippen molar-refractivity contribution in [1.29, 1.82) is 0 Å². The Morgan fingerprint density at radius 3 is 2.68 bits per heavy atom. The molecule has 2 N–H and O–H groups in total. The van der Waals surface area contributed by atoms with Crippen LogP contribution in [-0.2, 0) is 6.42 Å². The molecule has 2 atom stereocenters. The van der Waals surface area contributed by atoms with Gasteiger partial charge in [0, 0.05) is 6.04 Å². The molecule has 3 heteroatoms. The number of ether oxygens (including phenoxy) is 2. The Labute approximate surface area is 116 Å². The van der Waals surface area contributed by atoms with Crippen molar-refractivity contribution in [2.24, 2.45) is 5.73 Å². The zero-order valence-corrected chi connectivity index (χ0v) is 12.0. The molecule has 0 radical (unpaired) electrons. The van der Waals surface area contributed by atoms with Crippen molar-refractivity contribution >= 4 is 0 Å². The van der Waals surface area contributed by atoms with Gasteiger partial charge in [-0.05, 0) is 43.4 Å². The van der Waals surface area contributed by atoms with Gasteiger partial charge in [-0.3, -0.25) is 0 Å². The topological polar surface area (TPSA) is 44.5 Å². The van der Waals surface area contributed by atoms with E-state index in [1.54, 1.807) is 7.11 Å².